The van der Waals surface area contributed by atoms with Crippen molar-refractivity contribution in [3.63, 3.8) is 0 Å². The third-order valence-corrected chi connectivity index (χ3v) is 3.65. The van der Waals surface area contributed by atoms with Crippen LogP contribution in [0.5, 0.6) is 0 Å². The highest BCUT2D eigenvalue weighted by Crippen LogP contribution is 2.31. The molecule has 108 valence electrons. The van der Waals surface area contributed by atoms with Crippen LogP contribution in [0.15, 0.2) is 56.1 Å². The summed E-state index contributed by atoms with van der Waals surface area (Å²) in [5, 5.41) is 1.45. The first-order valence-corrected chi connectivity index (χ1v) is 7.03. The van der Waals surface area contributed by atoms with Gasteiger partial charge >= 0.3 is 5.63 Å². The fourth-order valence-corrected chi connectivity index (χ4v) is 2.72. The quantitative estimate of drug-likeness (QED) is 0.527. The van der Waals surface area contributed by atoms with Crippen molar-refractivity contribution in [2.45, 2.75) is 13.8 Å². The Kier molecular flexibility index (Phi) is 2.66. The molecule has 0 unspecified atom stereocenters. The molecule has 4 nitrogen and oxygen atoms in total. The predicted octanol–water partition coefficient (Wildman–Crippen LogP) is 4.22. The van der Waals surface area contributed by atoms with Crippen molar-refractivity contribution in [3.05, 3.63) is 64.2 Å². The molecular formula is C18H13NO3. The number of furan rings is 1. The lowest BCUT2D eigenvalue weighted by Gasteiger charge is -2.04. The van der Waals surface area contributed by atoms with Crippen molar-refractivity contribution in [2.75, 3.05) is 0 Å². The van der Waals surface area contributed by atoms with Gasteiger partial charge < -0.3 is 8.83 Å². The van der Waals surface area contributed by atoms with Gasteiger partial charge in [-0.2, -0.15) is 0 Å². The lowest BCUT2D eigenvalue weighted by molar-refractivity contribution is 0.515. The zero-order valence-electron chi connectivity index (χ0n) is 12.2. The second-order valence-electron chi connectivity index (χ2n) is 5.41. The van der Waals surface area contributed by atoms with Crippen LogP contribution in [-0.2, 0) is 0 Å². The maximum atomic E-state index is 12.2. The Labute approximate surface area is 126 Å². The Bertz CT molecular complexity index is 1070. The lowest BCUT2D eigenvalue weighted by atomic mass is 10.1. The molecular weight excluding hydrogens is 278 g/mol. The van der Waals surface area contributed by atoms with E-state index in [4.69, 9.17) is 8.83 Å². The van der Waals surface area contributed by atoms with Crippen LogP contribution in [0, 0.1) is 13.8 Å². The van der Waals surface area contributed by atoms with E-state index in [-0.39, 0.29) is 5.89 Å². The van der Waals surface area contributed by atoms with Crippen LogP contribution < -0.4 is 5.63 Å². The summed E-state index contributed by atoms with van der Waals surface area (Å²) in [5.41, 5.74) is 2.67. The Morgan fingerprint density at radius 1 is 1.00 bits per heavy atom. The summed E-state index contributed by atoms with van der Waals surface area (Å²) in [6.45, 7) is 3.88. The first-order chi connectivity index (χ1) is 10.6. The van der Waals surface area contributed by atoms with Gasteiger partial charge in [0.1, 0.15) is 11.3 Å². The smallest absolute Gasteiger partial charge is 0.347 e. The molecule has 2 heterocycles. The van der Waals surface area contributed by atoms with E-state index in [0.29, 0.717) is 22.0 Å². The third kappa shape index (κ3) is 1.92. The molecule has 0 N–H and O–H groups in total. The summed E-state index contributed by atoms with van der Waals surface area (Å²) in [6, 6.07) is 13.1. The minimum absolute atomic E-state index is 0.284. The van der Waals surface area contributed by atoms with Crippen LogP contribution in [0.2, 0.25) is 0 Å². The summed E-state index contributed by atoms with van der Waals surface area (Å²) < 4.78 is 11.2. The van der Waals surface area contributed by atoms with Gasteiger partial charge in [-0.15, -0.1) is 0 Å². The molecule has 0 spiro atoms. The second-order valence-corrected chi connectivity index (χ2v) is 5.41. The van der Waals surface area contributed by atoms with E-state index in [2.05, 4.69) is 4.98 Å². The van der Waals surface area contributed by atoms with Gasteiger partial charge in [0, 0.05) is 5.39 Å². The van der Waals surface area contributed by atoms with Gasteiger partial charge in [-0.05, 0) is 49.7 Å². The highest BCUT2D eigenvalue weighted by Gasteiger charge is 2.15. The van der Waals surface area contributed by atoms with Gasteiger partial charge in [0.15, 0.2) is 0 Å². The molecule has 0 atom stereocenters. The van der Waals surface area contributed by atoms with Crippen LogP contribution in [0.4, 0.5) is 0 Å². The molecule has 0 fully saturated rings. The Hall–Kier alpha value is -2.88. The molecule has 0 amide bonds. The zero-order chi connectivity index (χ0) is 15.3. The SMILES string of the molecule is Cc1cc(-c2nc3ccccc3c(=O)o2)c2oc(C)cc2c1. The number of fused-ring (bicyclic) bond motifs is 2. The van der Waals surface area contributed by atoms with E-state index in [1.807, 2.05) is 38.1 Å². The van der Waals surface area contributed by atoms with Crippen LogP contribution in [0.1, 0.15) is 11.3 Å². The van der Waals surface area contributed by atoms with Gasteiger partial charge in [-0.3, -0.25) is 0 Å². The van der Waals surface area contributed by atoms with Crippen molar-refractivity contribution in [3.8, 4) is 11.5 Å². The van der Waals surface area contributed by atoms with Gasteiger partial charge in [-0.25, -0.2) is 9.78 Å². The average molecular weight is 291 g/mol. The van der Waals surface area contributed by atoms with E-state index < -0.39 is 5.63 Å². The number of aryl methyl sites for hydroxylation is 2. The van der Waals surface area contributed by atoms with Gasteiger partial charge in [0.25, 0.3) is 0 Å². The molecule has 0 radical (unpaired) electrons. The minimum Gasteiger partial charge on any atom is -0.461 e. The summed E-state index contributed by atoms with van der Waals surface area (Å²) in [6.07, 6.45) is 0. The normalized spacial score (nSPS) is 11.4. The van der Waals surface area contributed by atoms with E-state index in [0.717, 1.165) is 16.7 Å². The van der Waals surface area contributed by atoms with Crippen LogP contribution in [0.25, 0.3) is 33.3 Å². The van der Waals surface area contributed by atoms with Crippen molar-refractivity contribution in [2.24, 2.45) is 0 Å². The fourth-order valence-electron chi connectivity index (χ4n) is 2.72. The van der Waals surface area contributed by atoms with E-state index in [1.165, 1.54) is 0 Å². The maximum Gasteiger partial charge on any atom is 0.347 e. The lowest BCUT2D eigenvalue weighted by Crippen LogP contribution is -2.02. The predicted molar refractivity (Wildman–Crippen MR) is 85.0 cm³/mol. The van der Waals surface area contributed by atoms with Crippen LogP contribution in [0.3, 0.4) is 0 Å². The molecule has 2 aromatic carbocycles. The van der Waals surface area contributed by atoms with E-state index in [1.54, 1.807) is 18.2 Å². The van der Waals surface area contributed by atoms with E-state index in [9.17, 15) is 4.79 Å². The number of hydrogen-bond acceptors (Lipinski definition) is 4. The summed E-state index contributed by atoms with van der Waals surface area (Å²) >= 11 is 0. The van der Waals surface area contributed by atoms with Crippen molar-refractivity contribution in [1.82, 2.24) is 4.98 Å². The second kappa shape index (κ2) is 4.56. The number of hydrogen-bond donors (Lipinski definition) is 0. The van der Waals surface area contributed by atoms with E-state index >= 15 is 0 Å². The molecule has 4 aromatic rings. The topological polar surface area (TPSA) is 56.2 Å². The maximum absolute atomic E-state index is 12.2. The highest BCUT2D eigenvalue weighted by atomic mass is 16.4. The largest absolute Gasteiger partial charge is 0.461 e. The van der Waals surface area contributed by atoms with Gasteiger partial charge in [0.2, 0.25) is 5.89 Å². The number of benzene rings is 2. The zero-order valence-corrected chi connectivity index (χ0v) is 12.2. The summed E-state index contributed by atoms with van der Waals surface area (Å²) in [4.78, 5) is 16.6. The molecule has 4 heteroatoms. The molecule has 0 aliphatic rings. The van der Waals surface area contributed by atoms with Crippen LogP contribution in [-0.4, -0.2) is 4.98 Å². The Morgan fingerprint density at radius 3 is 2.68 bits per heavy atom. The number of aromatic nitrogens is 1. The van der Waals surface area contributed by atoms with Gasteiger partial charge in [0.05, 0.1) is 16.5 Å². The van der Waals surface area contributed by atoms with Crippen molar-refractivity contribution >= 4 is 21.9 Å². The molecule has 0 bridgehead atoms. The van der Waals surface area contributed by atoms with Gasteiger partial charge in [-0.1, -0.05) is 12.1 Å². The monoisotopic (exact) mass is 291 g/mol. The molecule has 2 aromatic heterocycles. The molecule has 0 aliphatic carbocycles. The number of nitrogens with zero attached hydrogens (tertiary/aromatic N) is 1. The molecule has 22 heavy (non-hydrogen) atoms. The standard InChI is InChI=1S/C18H13NO3/c1-10-7-12-9-11(2)21-16(12)14(8-10)17-19-15-6-4-3-5-13(15)18(20)22-17/h3-9H,1-2H3. The molecule has 4 rings (SSSR count). The molecule has 0 saturated heterocycles. The fraction of sp³-hybridized carbons (Fsp3) is 0.111. The minimum atomic E-state index is -0.390. The Balaban J connectivity index is 2.09. The van der Waals surface area contributed by atoms with Crippen LogP contribution >= 0.6 is 0 Å². The molecule has 0 aliphatic heterocycles. The molecule has 0 saturated carbocycles. The summed E-state index contributed by atoms with van der Waals surface area (Å²) in [7, 11) is 0. The highest BCUT2D eigenvalue weighted by molar-refractivity contribution is 5.92. The first-order valence-electron chi connectivity index (χ1n) is 7.03. The number of rotatable bonds is 1. The first kappa shape index (κ1) is 12.8. The Morgan fingerprint density at radius 2 is 1.82 bits per heavy atom. The van der Waals surface area contributed by atoms with Crippen molar-refractivity contribution < 1.29 is 8.83 Å². The third-order valence-electron chi connectivity index (χ3n) is 3.65. The summed E-state index contributed by atoms with van der Waals surface area (Å²) in [5.74, 6) is 1.09. The average Bonchev–Trinajstić information content (AvgIpc) is 2.86. The number of para-hydroxylation sites is 1. The van der Waals surface area contributed by atoms with Crippen molar-refractivity contribution in [1.29, 1.82) is 0 Å².